The lowest BCUT2D eigenvalue weighted by molar-refractivity contribution is -0.165. The van der Waals surface area contributed by atoms with E-state index in [2.05, 4.69) is 45.4 Å². The highest BCUT2D eigenvalue weighted by Crippen LogP contribution is 2.46. The molecule has 190 valence electrons. The first kappa shape index (κ1) is 23.4. The monoisotopic (exact) mass is 492 g/mol. The molecule has 0 amide bonds. The van der Waals surface area contributed by atoms with E-state index < -0.39 is 0 Å². The number of hydrogen-bond acceptors (Lipinski definition) is 7. The number of anilines is 1. The molecule has 1 N–H and O–H groups in total. The highest BCUT2D eigenvalue weighted by molar-refractivity contribution is 5.78. The van der Waals surface area contributed by atoms with E-state index >= 15 is 0 Å². The predicted molar refractivity (Wildman–Crippen MR) is 136 cm³/mol. The van der Waals surface area contributed by atoms with Crippen molar-refractivity contribution in [3.63, 3.8) is 0 Å². The molecule has 3 aromatic rings. The molecule has 1 saturated carbocycles. The number of hydrogen-bond donors (Lipinski definition) is 1. The number of nitrogens with zero attached hydrogens (tertiary/aromatic N) is 3. The Hall–Kier alpha value is -2.97. The molecule has 5 heterocycles. The molecule has 8 heteroatoms. The Morgan fingerprint density at radius 2 is 2.03 bits per heavy atom. The first-order valence-electron chi connectivity index (χ1n) is 12.8. The zero-order chi connectivity index (χ0) is 24.8. The first-order chi connectivity index (χ1) is 17.5. The summed E-state index contributed by atoms with van der Waals surface area (Å²) in [5.74, 6) is 1.11. The van der Waals surface area contributed by atoms with Gasteiger partial charge in [-0.1, -0.05) is 6.07 Å². The Labute approximate surface area is 211 Å². The van der Waals surface area contributed by atoms with Gasteiger partial charge >= 0.3 is 0 Å². The van der Waals surface area contributed by atoms with E-state index in [-0.39, 0.29) is 17.0 Å². The van der Waals surface area contributed by atoms with Crippen LogP contribution < -0.4 is 19.7 Å². The molecule has 0 spiro atoms. The zero-order valence-corrected chi connectivity index (χ0v) is 21.0. The smallest absolute Gasteiger partial charge is 0.213 e. The van der Waals surface area contributed by atoms with Crippen molar-refractivity contribution >= 4 is 16.7 Å². The number of aryl methyl sites for hydroxylation is 1. The second kappa shape index (κ2) is 9.16. The van der Waals surface area contributed by atoms with Crippen molar-refractivity contribution in [1.82, 2.24) is 15.3 Å². The van der Waals surface area contributed by atoms with E-state index in [4.69, 9.17) is 14.2 Å². The summed E-state index contributed by atoms with van der Waals surface area (Å²) < 4.78 is 32.4. The molecule has 2 saturated heterocycles. The van der Waals surface area contributed by atoms with Crippen molar-refractivity contribution in [2.24, 2.45) is 0 Å². The van der Waals surface area contributed by atoms with Gasteiger partial charge in [-0.2, -0.15) is 0 Å². The van der Waals surface area contributed by atoms with E-state index in [0.717, 1.165) is 63.2 Å². The molecule has 0 radical (unpaired) electrons. The zero-order valence-electron chi connectivity index (χ0n) is 21.0. The maximum absolute atomic E-state index is 14.8. The van der Waals surface area contributed by atoms with Gasteiger partial charge in [-0.3, -0.25) is 4.98 Å². The molecule has 7 rings (SSSR count). The van der Waals surface area contributed by atoms with Gasteiger partial charge in [0.15, 0.2) is 0 Å². The number of benzene rings is 1. The minimum absolute atomic E-state index is 0.00115. The molecule has 2 aromatic heterocycles. The van der Waals surface area contributed by atoms with Gasteiger partial charge in [-0.15, -0.1) is 0 Å². The number of rotatable bonds is 7. The summed E-state index contributed by atoms with van der Waals surface area (Å²) in [6.45, 7) is 3.12. The maximum Gasteiger partial charge on any atom is 0.213 e. The Balaban J connectivity index is 1.10. The minimum atomic E-state index is -0.317. The molecule has 3 aliphatic heterocycles. The minimum Gasteiger partial charge on any atom is -0.490 e. The fourth-order valence-corrected chi connectivity index (χ4v) is 5.90. The highest BCUT2D eigenvalue weighted by atomic mass is 19.1. The van der Waals surface area contributed by atoms with Crippen molar-refractivity contribution in [3.05, 3.63) is 53.5 Å². The molecule has 0 atom stereocenters. The fourth-order valence-electron chi connectivity index (χ4n) is 5.90. The number of ether oxygens (including phenoxy) is 3. The number of nitrogens with one attached hydrogen (secondary N) is 1. The third kappa shape index (κ3) is 4.26. The average molecular weight is 493 g/mol. The fraction of sp³-hybridized carbons (Fsp3) is 0.500. The van der Waals surface area contributed by atoms with Gasteiger partial charge in [0.2, 0.25) is 5.88 Å². The van der Waals surface area contributed by atoms with Crippen LogP contribution in [0.15, 0.2) is 36.5 Å². The van der Waals surface area contributed by atoms with Crippen LogP contribution in [0.2, 0.25) is 0 Å². The van der Waals surface area contributed by atoms with Gasteiger partial charge in [-0.05, 0) is 62.3 Å². The van der Waals surface area contributed by atoms with Gasteiger partial charge in [0.1, 0.15) is 18.2 Å². The van der Waals surface area contributed by atoms with Crippen LogP contribution in [-0.4, -0.2) is 55.0 Å². The number of methoxy groups -OCH3 is 1. The molecule has 7 nitrogen and oxygen atoms in total. The lowest BCUT2D eigenvalue weighted by atomic mass is 9.69. The standard InChI is InChI=1S/C28H33FN4O3/c1-33-13-14-35-24-15-19(3-5-23(24)33)16-31-27-9-11-28(12-10-27,36-18-27)8-7-20-21(29)17-30-22-4-6-25(34-2)32-26(20)22/h3-6,15,17,31H,7-14,16,18H2,1-2H3. The van der Waals surface area contributed by atoms with E-state index in [1.165, 1.54) is 11.8 Å². The lowest BCUT2D eigenvalue weighted by Gasteiger charge is -2.53. The molecule has 2 bridgehead atoms. The van der Waals surface area contributed by atoms with Crippen LogP contribution in [0.4, 0.5) is 10.1 Å². The van der Waals surface area contributed by atoms with Crippen LogP contribution in [0.1, 0.15) is 43.2 Å². The summed E-state index contributed by atoms with van der Waals surface area (Å²) in [4.78, 5) is 10.9. The van der Waals surface area contributed by atoms with Gasteiger partial charge < -0.3 is 24.4 Å². The molecular formula is C28H33FN4O3. The number of fused-ring (bicyclic) bond motifs is 5. The van der Waals surface area contributed by atoms with Crippen LogP contribution in [0.25, 0.3) is 11.0 Å². The molecule has 1 aliphatic carbocycles. The van der Waals surface area contributed by atoms with Gasteiger partial charge in [0, 0.05) is 30.8 Å². The summed E-state index contributed by atoms with van der Waals surface area (Å²) in [5, 5.41) is 3.81. The van der Waals surface area contributed by atoms with Crippen LogP contribution in [0.5, 0.6) is 11.6 Å². The van der Waals surface area contributed by atoms with Crippen LogP contribution in [-0.2, 0) is 17.7 Å². The third-order valence-corrected chi connectivity index (χ3v) is 8.34. The van der Waals surface area contributed by atoms with Gasteiger partial charge in [0.25, 0.3) is 0 Å². The van der Waals surface area contributed by atoms with Gasteiger partial charge in [-0.25, -0.2) is 9.37 Å². The largest absolute Gasteiger partial charge is 0.490 e. The summed E-state index contributed by atoms with van der Waals surface area (Å²) in [5.41, 5.74) is 4.03. The summed E-state index contributed by atoms with van der Waals surface area (Å²) in [6.07, 6.45) is 6.69. The van der Waals surface area contributed by atoms with Gasteiger partial charge in [0.05, 0.1) is 48.8 Å². The van der Waals surface area contributed by atoms with Crippen molar-refractivity contribution in [3.8, 4) is 11.6 Å². The second-order valence-electron chi connectivity index (χ2n) is 10.5. The second-order valence-corrected chi connectivity index (χ2v) is 10.5. The molecule has 0 unspecified atom stereocenters. The third-order valence-electron chi connectivity index (χ3n) is 8.34. The number of halogens is 1. The summed E-state index contributed by atoms with van der Waals surface area (Å²) >= 11 is 0. The Morgan fingerprint density at radius 3 is 2.81 bits per heavy atom. The first-order valence-corrected chi connectivity index (χ1v) is 12.8. The Morgan fingerprint density at radius 1 is 1.17 bits per heavy atom. The molecular weight excluding hydrogens is 459 g/mol. The van der Waals surface area contributed by atoms with Crippen molar-refractivity contribution in [2.75, 3.05) is 38.8 Å². The molecule has 3 fully saturated rings. The molecule has 36 heavy (non-hydrogen) atoms. The van der Waals surface area contributed by atoms with Crippen LogP contribution in [0, 0.1) is 5.82 Å². The van der Waals surface area contributed by atoms with E-state index in [1.807, 2.05) is 6.07 Å². The van der Waals surface area contributed by atoms with Crippen LogP contribution in [0.3, 0.4) is 0 Å². The summed E-state index contributed by atoms with van der Waals surface area (Å²) in [6, 6.07) is 10.1. The van der Waals surface area contributed by atoms with Crippen molar-refractivity contribution in [2.45, 2.75) is 56.2 Å². The summed E-state index contributed by atoms with van der Waals surface area (Å²) in [7, 11) is 3.67. The van der Waals surface area contributed by atoms with E-state index in [9.17, 15) is 4.39 Å². The SMILES string of the molecule is COc1ccc2ncc(F)c(CCC34CCC(NCc5ccc6c(c5)OCCN6C)(CC3)CO4)c2n1. The number of aromatic nitrogens is 2. The maximum atomic E-state index is 14.8. The highest BCUT2D eigenvalue weighted by Gasteiger charge is 2.49. The lowest BCUT2D eigenvalue weighted by Crippen LogP contribution is -2.61. The predicted octanol–water partition coefficient (Wildman–Crippen LogP) is 4.41. The van der Waals surface area contributed by atoms with Crippen LogP contribution >= 0.6 is 0 Å². The van der Waals surface area contributed by atoms with E-state index in [0.29, 0.717) is 35.5 Å². The number of likely N-dealkylation sites (N-methyl/N-ethyl adjacent to an activating group) is 1. The molecule has 1 aromatic carbocycles. The van der Waals surface area contributed by atoms with Crippen molar-refractivity contribution < 1.29 is 18.6 Å². The average Bonchev–Trinajstić information content (AvgIpc) is 2.92. The molecule has 4 aliphatic rings. The quantitative estimate of drug-likeness (QED) is 0.524. The Bertz CT molecular complexity index is 1260. The van der Waals surface area contributed by atoms with Crippen molar-refractivity contribution in [1.29, 1.82) is 0 Å². The number of pyridine rings is 2. The normalized spacial score (nSPS) is 25.0. The topological polar surface area (TPSA) is 68.7 Å². The van der Waals surface area contributed by atoms with E-state index in [1.54, 1.807) is 13.2 Å². The Kier molecular flexibility index (Phi) is 5.96.